The van der Waals surface area contributed by atoms with E-state index in [0.717, 1.165) is 6.92 Å². The summed E-state index contributed by atoms with van der Waals surface area (Å²) in [6.07, 6.45) is 0. The average Bonchev–Trinajstić information content (AvgIpc) is 0.811. The van der Waals surface area contributed by atoms with Crippen molar-refractivity contribution in [2.24, 2.45) is 0 Å². The van der Waals surface area contributed by atoms with Crippen LogP contribution in [0.1, 0.15) is 6.92 Å². The molecule has 50 valence electrons. The van der Waals surface area contributed by atoms with Crippen molar-refractivity contribution >= 4 is 5.97 Å². The number of carboxylic acid groups (broad SMARTS) is 1. The molecule has 0 aromatic rings. The maximum Gasteiger partial charge on any atom is 0.300 e. The number of carboxylic acids is 1. The molecule has 0 aromatic heterocycles. The monoisotopic (exact) mass is 154 g/mol. The van der Waals surface area contributed by atoms with Crippen LogP contribution in [0.2, 0.25) is 0 Å². The molecule has 0 aliphatic carbocycles. The van der Waals surface area contributed by atoms with Crippen molar-refractivity contribution in [2.45, 2.75) is 6.92 Å². The van der Waals surface area contributed by atoms with Crippen LogP contribution in [0.5, 0.6) is 0 Å². The van der Waals surface area contributed by atoms with Gasteiger partial charge in [0, 0.05) is 23.4 Å². The zero-order valence-corrected chi connectivity index (χ0v) is 4.66. The van der Waals surface area contributed by atoms with Gasteiger partial charge >= 0.3 is 0 Å². The summed E-state index contributed by atoms with van der Waals surface area (Å²) >= 11 is 0. The molecule has 5 heteroatoms. The van der Waals surface area contributed by atoms with Crippen molar-refractivity contribution in [1.29, 1.82) is 0 Å². The maximum absolute atomic E-state index is 9.00. The van der Waals surface area contributed by atoms with Crippen LogP contribution in [-0.2, 0) is 21.3 Å². The summed E-state index contributed by atoms with van der Waals surface area (Å²) in [4.78, 5) is 9.00. The fraction of sp³-hybridized carbons (Fsp3) is 0.500. The second-order valence-electron chi connectivity index (χ2n) is 0.519. The van der Waals surface area contributed by atoms with Crippen LogP contribution in [0.4, 0.5) is 0 Å². The molecule has 0 atom stereocenters. The van der Waals surface area contributed by atoms with Crippen molar-refractivity contribution in [3.05, 3.63) is 0 Å². The Bertz CT molecular complexity index is 32.7. The first-order valence-electron chi connectivity index (χ1n) is 0.928. The molecular formula is C2H8NiO4. The van der Waals surface area contributed by atoms with Gasteiger partial charge in [0.2, 0.25) is 0 Å². The van der Waals surface area contributed by atoms with E-state index in [0.29, 0.717) is 0 Å². The fourth-order valence-corrected chi connectivity index (χ4v) is 0. The molecule has 0 saturated carbocycles. The molecule has 0 saturated heterocycles. The predicted octanol–water partition coefficient (Wildman–Crippen LogP) is -1.56. The van der Waals surface area contributed by atoms with E-state index in [1.807, 2.05) is 0 Å². The van der Waals surface area contributed by atoms with E-state index in [9.17, 15) is 0 Å². The standard InChI is InChI=1S/C2H4O2.Ni.2H2O/c1-2(3)4;;;/h1H3,(H,3,4);;2*1H2. The van der Waals surface area contributed by atoms with E-state index < -0.39 is 5.97 Å². The van der Waals surface area contributed by atoms with Crippen LogP contribution >= 0.6 is 0 Å². The van der Waals surface area contributed by atoms with Gasteiger partial charge in [0.05, 0.1) is 0 Å². The van der Waals surface area contributed by atoms with Crippen LogP contribution in [-0.4, -0.2) is 22.0 Å². The van der Waals surface area contributed by atoms with Crippen molar-refractivity contribution in [3.8, 4) is 0 Å². The van der Waals surface area contributed by atoms with E-state index in [1.165, 1.54) is 0 Å². The molecular weight excluding hydrogens is 147 g/mol. The van der Waals surface area contributed by atoms with Gasteiger partial charge in [-0.2, -0.15) is 0 Å². The third-order valence-corrected chi connectivity index (χ3v) is 0. The van der Waals surface area contributed by atoms with Crippen LogP contribution < -0.4 is 0 Å². The molecule has 0 bridgehead atoms. The largest absolute Gasteiger partial charge is 0.481 e. The molecule has 0 fully saturated rings. The van der Waals surface area contributed by atoms with Crippen LogP contribution in [0.15, 0.2) is 0 Å². The third-order valence-electron chi connectivity index (χ3n) is 0. The summed E-state index contributed by atoms with van der Waals surface area (Å²) in [7, 11) is 0. The van der Waals surface area contributed by atoms with Gasteiger partial charge in [0.15, 0.2) is 0 Å². The normalized spacial score (nSPS) is 3.57. The van der Waals surface area contributed by atoms with Gasteiger partial charge in [-0.1, -0.05) is 0 Å². The predicted molar refractivity (Wildman–Crippen MR) is 20.5 cm³/mol. The van der Waals surface area contributed by atoms with Crippen LogP contribution in [0, 0.1) is 0 Å². The molecule has 0 rings (SSSR count). The maximum atomic E-state index is 9.00. The first-order valence-corrected chi connectivity index (χ1v) is 0.928. The Morgan fingerprint density at radius 1 is 1.43 bits per heavy atom. The molecule has 5 N–H and O–H groups in total. The zero-order chi connectivity index (χ0) is 3.58. The van der Waals surface area contributed by atoms with Crippen molar-refractivity contribution in [2.75, 3.05) is 0 Å². The minimum absolute atomic E-state index is 0. The van der Waals surface area contributed by atoms with E-state index >= 15 is 0 Å². The third kappa shape index (κ3) is 6540. The Morgan fingerprint density at radius 3 is 1.43 bits per heavy atom. The van der Waals surface area contributed by atoms with Gasteiger partial charge in [0.25, 0.3) is 5.97 Å². The molecule has 0 aromatic carbocycles. The zero-order valence-electron chi connectivity index (χ0n) is 3.67. The van der Waals surface area contributed by atoms with Gasteiger partial charge in [-0.3, -0.25) is 4.79 Å². The van der Waals surface area contributed by atoms with E-state index in [4.69, 9.17) is 9.90 Å². The number of hydrogen-bond acceptors (Lipinski definition) is 1. The molecule has 0 aliphatic rings. The number of carbonyl (C=O) groups is 1. The van der Waals surface area contributed by atoms with Gasteiger partial charge in [-0.15, -0.1) is 0 Å². The number of aliphatic carboxylic acids is 1. The van der Waals surface area contributed by atoms with Crippen molar-refractivity contribution < 1.29 is 37.3 Å². The minimum atomic E-state index is -0.833. The Morgan fingerprint density at radius 2 is 1.43 bits per heavy atom. The Balaban J connectivity index is -0.0000000150. The molecule has 0 amide bonds. The summed E-state index contributed by atoms with van der Waals surface area (Å²) in [5, 5.41) is 7.42. The van der Waals surface area contributed by atoms with E-state index in [2.05, 4.69) is 0 Å². The first kappa shape index (κ1) is 28.7. The summed E-state index contributed by atoms with van der Waals surface area (Å²) in [5.74, 6) is -0.833. The minimum Gasteiger partial charge on any atom is -0.481 e. The van der Waals surface area contributed by atoms with Gasteiger partial charge in [-0.25, -0.2) is 0 Å². The molecule has 7 heavy (non-hydrogen) atoms. The Labute approximate surface area is 51.1 Å². The molecule has 0 unspecified atom stereocenters. The van der Waals surface area contributed by atoms with E-state index in [-0.39, 0.29) is 27.4 Å². The Hall–Kier alpha value is -0.116. The Kier molecular flexibility index (Phi) is 69.1. The van der Waals surface area contributed by atoms with Crippen LogP contribution in [0.3, 0.4) is 0 Å². The smallest absolute Gasteiger partial charge is 0.300 e. The summed E-state index contributed by atoms with van der Waals surface area (Å²) in [5.41, 5.74) is 0. The second kappa shape index (κ2) is 16.9. The van der Waals surface area contributed by atoms with Gasteiger partial charge < -0.3 is 16.1 Å². The van der Waals surface area contributed by atoms with Gasteiger partial charge in [-0.05, 0) is 0 Å². The van der Waals surface area contributed by atoms with E-state index in [1.54, 1.807) is 0 Å². The molecule has 0 aliphatic heterocycles. The summed E-state index contributed by atoms with van der Waals surface area (Å²) < 4.78 is 0. The second-order valence-corrected chi connectivity index (χ2v) is 0.519. The number of rotatable bonds is 0. The molecule has 0 spiro atoms. The number of hydrogen-bond donors (Lipinski definition) is 1. The molecule has 4 nitrogen and oxygen atoms in total. The topological polar surface area (TPSA) is 100 Å². The quantitative estimate of drug-likeness (QED) is 0.427. The average molecular weight is 155 g/mol. The first-order chi connectivity index (χ1) is 1.73. The SMILES string of the molecule is CC(=O)O.O.O.[Ni]. The fourth-order valence-electron chi connectivity index (χ4n) is 0. The van der Waals surface area contributed by atoms with Gasteiger partial charge in [0.1, 0.15) is 0 Å². The summed E-state index contributed by atoms with van der Waals surface area (Å²) in [6, 6.07) is 0. The van der Waals surface area contributed by atoms with Crippen LogP contribution in [0.25, 0.3) is 0 Å². The van der Waals surface area contributed by atoms with Crippen molar-refractivity contribution in [3.63, 3.8) is 0 Å². The molecule has 0 radical (unpaired) electrons. The molecule has 0 heterocycles. The van der Waals surface area contributed by atoms with Crippen molar-refractivity contribution in [1.82, 2.24) is 0 Å². The summed E-state index contributed by atoms with van der Waals surface area (Å²) in [6.45, 7) is 1.08.